The molecule has 0 saturated heterocycles. The highest BCUT2D eigenvalue weighted by molar-refractivity contribution is 5.69. The van der Waals surface area contributed by atoms with E-state index >= 15 is 0 Å². The molecule has 4 N–H and O–H groups in total. The topological polar surface area (TPSA) is 134 Å². The minimum absolute atomic E-state index is 0.116. The fraction of sp³-hybridized carbons (Fsp3) is 0.864. The van der Waals surface area contributed by atoms with Crippen molar-refractivity contribution in [2.75, 3.05) is 13.2 Å². The van der Waals surface area contributed by atoms with Crippen LogP contribution in [-0.4, -0.2) is 70.0 Å². The maximum absolute atomic E-state index is 12.1. The number of ether oxygens (including phenoxy) is 2. The summed E-state index contributed by atoms with van der Waals surface area (Å²) in [6.07, 6.45) is 31.9. The van der Waals surface area contributed by atoms with Crippen LogP contribution in [0.4, 0.5) is 0 Å². The Morgan fingerprint density at radius 1 is 0.654 bits per heavy atom. The minimum Gasteiger partial charge on any atom is -0.463 e. The first kappa shape index (κ1) is 48.3. The van der Waals surface area contributed by atoms with Crippen LogP contribution in [-0.2, 0) is 19.1 Å². The van der Waals surface area contributed by atoms with Gasteiger partial charge >= 0.3 is 11.9 Å². The van der Waals surface area contributed by atoms with Crippen LogP contribution in [0.3, 0.4) is 0 Å². The number of hydrogen-bond donors (Lipinski definition) is 4. The molecule has 304 valence electrons. The van der Waals surface area contributed by atoms with Gasteiger partial charge in [0.1, 0.15) is 19.3 Å². The summed E-state index contributed by atoms with van der Waals surface area (Å²) < 4.78 is 10.3. The summed E-state index contributed by atoms with van der Waals surface area (Å²) in [6.45, 7) is 6.36. The van der Waals surface area contributed by atoms with E-state index in [2.05, 4.69) is 20.8 Å². The number of hydrogen-bond acceptors (Lipinski definition) is 8. The second kappa shape index (κ2) is 32.7. The molecule has 8 nitrogen and oxygen atoms in total. The number of rotatable bonds is 34. The largest absolute Gasteiger partial charge is 0.463 e. The van der Waals surface area contributed by atoms with Crippen LogP contribution in [0.15, 0.2) is 24.3 Å². The molecule has 0 spiro atoms. The number of allylic oxidation sites excluding steroid dienone is 2. The van der Waals surface area contributed by atoms with E-state index in [1.807, 2.05) is 18.2 Å². The molecule has 0 heterocycles. The van der Waals surface area contributed by atoms with Crippen molar-refractivity contribution in [3.05, 3.63) is 24.3 Å². The van der Waals surface area contributed by atoms with Crippen LogP contribution in [0, 0.1) is 17.8 Å². The van der Waals surface area contributed by atoms with Gasteiger partial charge in [0, 0.05) is 25.2 Å². The first-order valence-corrected chi connectivity index (χ1v) is 21.5. The zero-order valence-corrected chi connectivity index (χ0v) is 33.6. The Labute approximate surface area is 318 Å². The van der Waals surface area contributed by atoms with E-state index in [-0.39, 0.29) is 37.4 Å². The zero-order valence-electron chi connectivity index (χ0n) is 33.6. The number of esters is 2. The monoisotopic (exact) mass is 737 g/mol. The van der Waals surface area contributed by atoms with Gasteiger partial charge in [0.15, 0.2) is 0 Å². The number of carbonyl (C=O) groups excluding carboxylic acids is 2. The molecule has 52 heavy (non-hydrogen) atoms. The van der Waals surface area contributed by atoms with E-state index in [1.54, 1.807) is 6.08 Å². The molecule has 1 fully saturated rings. The average molecular weight is 737 g/mol. The summed E-state index contributed by atoms with van der Waals surface area (Å²) in [5.74, 6) is -0.206. The van der Waals surface area contributed by atoms with Gasteiger partial charge in [0.05, 0.1) is 18.3 Å². The number of aliphatic hydroxyl groups excluding tert-OH is 4. The molecule has 0 bridgehead atoms. The predicted octanol–water partition coefficient (Wildman–Crippen LogP) is 9.69. The summed E-state index contributed by atoms with van der Waals surface area (Å²) in [5, 5.41) is 41.1. The van der Waals surface area contributed by atoms with Crippen molar-refractivity contribution < 1.29 is 39.5 Å². The van der Waals surface area contributed by atoms with Crippen LogP contribution in [0.25, 0.3) is 0 Å². The molecule has 0 aromatic carbocycles. The third-order valence-electron chi connectivity index (χ3n) is 10.4. The molecule has 8 heteroatoms. The van der Waals surface area contributed by atoms with Gasteiger partial charge in [-0.3, -0.25) is 9.59 Å². The molecule has 1 rings (SSSR count). The Kier molecular flexibility index (Phi) is 30.3. The van der Waals surface area contributed by atoms with E-state index < -0.39 is 30.4 Å². The van der Waals surface area contributed by atoms with Gasteiger partial charge < -0.3 is 29.9 Å². The molecule has 1 saturated carbocycles. The molecule has 6 atom stereocenters. The quantitative estimate of drug-likeness (QED) is 0.0292. The fourth-order valence-corrected chi connectivity index (χ4v) is 7.09. The van der Waals surface area contributed by atoms with Crippen LogP contribution in [0.5, 0.6) is 0 Å². The second-order valence-corrected chi connectivity index (χ2v) is 15.9. The second-order valence-electron chi connectivity index (χ2n) is 15.9. The molecule has 0 radical (unpaired) electrons. The van der Waals surface area contributed by atoms with Gasteiger partial charge in [-0.15, -0.1) is 0 Å². The van der Waals surface area contributed by atoms with Crippen LogP contribution in [0.1, 0.15) is 188 Å². The van der Waals surface area contributed by atoms with Crippen molar-refractivity contribution in [2.45, 2.75) is 212 Å². The predicted molar refractivity (Wildman–Crippen MR) is 212 cm³/mol. The Balaban J connectivity index is 1.99. The molecule has 1 aliphatic carbocycles. The maximum atomic E-state index is 12.1. The first-order chi connectivity index (χ1) is 25.1. The van der Waals surface area contributed by atoms with Crippen LogP contribution in [0.2, 0.25) is 0 Å². The summed E-state index contributed by atoms with van der Waals surface area (Å²) in [5.41, 5.74) is 0. The molecule has 0 aliphatic heterocycles. The van der Waals surface area contributed by atoms with E-state index in [9.17, 15) is 30.0 Å². The molecule has 0 unspecified atom stereocenters. The Morgan fingerprint density at radius 2 is 1.15 bits per heavy atom. The molecule has 0 aromatic rings. The molecular formula is C44H80O8. The van der Waals surface area contributed by atoms with Crippen molar-refractivity contribution in [1.29, 1.82) is 0 Å². The normalized spacial score (nSPS) is 20.3. The molecule has 0 aromatic heterocycles. The van der Waals surface area contributed by atoms with E-state index in [4.69, 9.17) is 9.47 Å². The first-order valence-electron chi connectivity index (χ1n) is 21.5. The van der Waals surface area contributed by atoms with Gasteiger partial charge in [-0.1, -0.05) is 161 Å². The standard InChI is InChI=1S/C44H80O8/c1-4-5-21-27-37(45)31-32-40-39(41(47)33-42(40)48)28-23-19-20-25-30-44(50)52-35-38(46)34-51-43(49)29-24-18-16-14-12-10-8-6-7-9-11-13-15-17-22-26-36(2)3/h19,23,31-32,36-42,45-48H,4-18,20-22,24-30,33-35H2,1-3H3/b23-19+,32-31+/t37-,38+,39+,40+,41-,42+/m0/s1. The third-order valence-corrected chi connectivity index (χ3v) is 10.4. The third kappa shape index (κ3) is 26.9. The number of carbonyl (C=O) groups is 2. The summed E-state index contributed by atoms with van der Waals surface area (Å²) >= 11 is 0. The van der Waals surface area contributed by atoms with Gasteiger partial charge in [-0.25, -0.2) is 0 Å². The highest BCUT2D eigenvalue weighted by atomic mass is 16.6. The lowest BCUT2D eigenvalue weighted by atomic mass is 9.89. The van der Waals surface area contributed by atoms with Crippen LogP contribution < -0.4 is 0 Å². The highest BCUT2D eigenvalue weighted by Crippen LogP contribution is 2.36. The highest BCUT2D eigenvalue weighted by Gasteiger charge is 2.39. The van der Waals surface area contributed by atoms with Crippen molar-refractivity contribution in [2.24, 2.45) is 17.8 Å². The van der Waals surface area contributed by atoms with Gasteiger partial charge in [-0.05, 0) is 43.9 Å². The van der Waals surface area contributed by atoms with E-state index in [0.29, 0.717) is 38.5 Å². The minimum atomic E-state index is -1.04. The lowest BCUT2D eigenvalue weighted by molar-refractivity contribution is -0.152. The van der Waals surface area contributed by atoms with Gasteiger partial charge in [0.25, 0.3) is 0 Å². The van der Waals surface area contributed by atoms with E-state index in [0.717, 1.165) is 44.4 Å². The number of aliphatic hydroxyl groups is 4. The molecular weight excluding hydrogens is 656 g/mol. The van der Waals surface area contributed by atoms with Crippen molar-refractivity contribution in [3.63, 3.8) is 0 Å². The summed E-state index contributed by atoms with van der Waals surface area (Å²) in [6, 6.07) is 0. The Hall–Kier alpha value is -1.74. The summed E-state index contributed by atoms with van der Waals surface area (Å²) in [7, 11) is 0. The zero-order chi connectivity index (χ0) is 38.2. The van der Waals surface area contributed by atoms with Crippen molar-refractivity contribution >= 4 is 11.9 Å². The maximum Gasteiger partial charge on any atom is 0.305 e. The Morgan fingerprint density at radius 3 is 1.69 bits per heavy atom. The SMILES string of the molecule is CCCCC[C@H](O)/C=C/[C@@H]1[C@@H](C/C=C/CCCC(=O)OC[C@H](O)COC(=O)CCCCCCCCCCCCCCCCCC(C)C)[C@@H](O)C[C@H]1O. The average Bonchev–Trinajstić information content (AvgIpc) is 3.38. The fourth-order valence-electron chi connectivity index (χ4n) is 7.09. The molecule has 1 aliphatic rings. The van der Waals surface area contributed by atoms with Crippen LogP contribution >= 0.6 is 0 Å². The number of unbranched alkanes of at least 4 members (excludes halogenated alkanes) is 17. The lowest BCUT2D eigenvalue weighted by Gasteiger charge is -2.19. The van der Waals surface area contributed by atoms with Gasteiger partial charge in [0.2, 0.25) is 0 Å². The molecule has 0 amide bonds. The van der Waals surface area contributed by atoms with E-state index in [1.165, 1.54) is 83.5 Å². The smallest absolute Gasteiger partial charge is 0.305 e. The lowest BCUT2D eigenvalue weighted by Crippen LogP contribution is -2.25. The van der Waals surface area contributed by atoms with Crippen molar-refractivity contribution in [1.82, 2.24) is 0 Å². The van der Waals surface area contributed by atoms with Gasteiger partial charge in [-0.2, -0.15) is 0 Å². The Bertz CT molecular complexity index is 918. The summed E-state index contributed by atoms with van der Waals surface area (Å²) in [4.78, 5) is 24.1. The van der Waals surface area contributed by atoms with Crippen molar-refractivity contribution in [3.8, 4) is 0 Å².